The van der Waals surface area contributed by atoms with E-state index in [0.717, 1.165) is 42.4 Å². The molecule has 2 aromatic rings. The summed E-state index contributed by atoms with van der Waals surface area (Å²) in [5.41, 5.74) is 0.0842. The monoisotopic (exact) mass is 359 g/mol. The van der Waals surface area contributed by atoms with Crippen molar-refractivity contribution in [3.05, 3.63) is 36.4 Å². The van der Waals surface area contributed by atoms with Crippen LogP contribution in [0.1, 0.15) is 12.8 Å². The minimum absolute atomic E-state index is 0.284. The van der Waals surface area contributed by atoms with Crippen molar-refractivity contribution in [2.75, 3.05) is 31.1 Å². The Hall–Kier alpha value is -1.99. The predicted octanol–water partition coefficient (Wildman–Crippen LogP) is 3.37. The van der Waals surface area contributed by atoms with Gasteiger partial charge in [-0.2, -0.15) is 4.39 Å². The second kappa shape index (κ2) is 5.51. The zero-order chi connectivity index (χ0) is 17.0. The number of rotatable bonds is 2. The minimum Gasteiger partial charge on any atom is -0.439 e. The number of piperidine rings is 3. The highest BCUT2D eigenvalue weighted by atomic mass is 32.1. The van der Waals surface area contributed by atoms with Gasteiger partial charge in [-0.25, -0.2) is 9.78 Å². The number of hydrogen-bond donors (Lipinski definition) is 0. The van der Waals surface area contributed by atoms with Crippen molar-refractivity contribution in [2.24, 2.45) is 5.92 Å². The van der Waals surface area contributed by atoms with E-state index < -0.39 is 5.95 Å². The average molecular weight is 359 g/mol. The van der Waals surface area contributed by atoms with Crippen molar-refractivity contribution >= 4 is 22.4 Å². The molecule has 1 unspecified atom stereocenters. The Bertz CT molecular complexity index is 833. The van der Waals surface area contributed by atoms with Gasteiger partial charge < -0.3 is 4.74 Å². The molecular formula is C18H18FN3O2S. The predicted molar refractivity (Wildman–Crippen MR) is 93.2 cm³/mol. The molecule has 7 heteroatoms. The van der Waals surface area contributed by atoms with Crippen LogP contribution in [0.2, 0.25) is 0 Å². The number of carbonyl (C=O) groups is 1. The van der Waals surface area contributed by atoms with E-state index in [1.54, 1.807) is 17.0 Å². The number of nitrogens with zero attached hydrogens (tertiary/aromatic N) is 3. The second-order valence-corrected chi connectivity index (χ2v) is 8.11. The number of hydrogen-bond acceptors (Lipinski definition) is 5. The van der Waals surface area contributed by atoms with Crippen LogP contribution < -0.4 is 4.90 Å². The Balaban J connectivity index is 1.43. The molecule has 6 rings (SSSR count). The third kappa shape index (κ3) is 2.37. The van der Waals surface area contributed by atoms with E-state index in [4.69, 9.17) is 4.74 Å². The maximum Gasteiger partial charge on any atom is 0.415 e. The number of aromatic nitrogens is 1. The van der Waals surface area contributed by atoms with Crippen molar-refractivity contribution in [1.29, 1.82) is 0 Å². The number of ether oxygens (including phenoxy) is 1. The van der Waals surface area contributed by atoms with Crippen molar-refractivity contribution in [3.63, 3.8) is 0 Å². The zero-order valence-electron chi connectivity index (χ0n) is 13.7. The minimum atomic E-state index is -0.492. The highest BCUT2D eigenvalue weighted by Gasteiger charge is 2.55. The molecule has 130 valence electrons. The molecular weight excluding hydrogens is 341 g/mol. The first-order chi connectivity index (χ1) is 12.1. The van der Waals surface area contributed by atoms with Gasteiger partial charge >= 0.3 is 6.09 Å². The first kappa shape index (κ1) is 15.3. The van der Waals surface area contributed by atoms with Gasteiger partial charge in [-0.15, -0.1) is 11.3 Å². The normalized spacial score (nSPS) is 30.9. The number of halogens is 1. The Morgan fingerprint density at radius 1 is 1.24 bits per heavy atom. The van der Waals surface area contributed by atoms with Crippen molar-refractivity contribution in [3.8, 4) is 10.4 Å². The lowest BCUT2D eigenvalue weighted by Gasteiger charge is -2.49. The molecule has 4 aliphatic rings. The molecule has 0 aliphatic carbocycles. The summed E-state index contributed by atoms with van der Waals surface area (Å²) in [4.78, 5) is 21.1. The molecule has 1 amide bonds. The van der Waals surface area contributed by atoms with E-state index in [-0.39, 0.29) is 11.7 Å². The smallest absolute Gasteiger partial charge is 0.415 e. The van der Waals surface area contributed by atoms with Crippen LogP contribution in [-0.4, -0.2) is 47.8 Å². The maximum absolute atomic E-state index is 13.9. The summed E-state index contributed by atoms with van der Waals surface area (Å²) in [6.45, 7) is 3.62. The standard InChI is InChI=1S/C18H18FN3O2S/c19-16-13(2-1-7-20-16)14-3-4-15(25-14)22-11-18(24-17(22)23)10-21-8-5-12(18)6-9-21/h1-4,7,12H,5-6,8-11H2. The molecule has 4 aliphatic heterocycles. The molecule has 6 heterocycles. The number of amides is 1. The van der Waals surface area contributed by atoms with Crippen molar-refractivity contribution < 1.29 is 13.9 Å². The van der Waals surface area contributed by atoms with E-state index in [9.17, 15) is 9.18 Å². The molecule has 0 saturated carbocycles. The molecule has 2 bridgehead atoms. The average Bonchev–Trinajstić information content (AvgIpc) is 3.21. The first-order valence-electron chi connectivity index (χ1n) is 8.58. The lowest BCUT2D eigenvalue weighted by Crippen LogP contribution is -2.61. The van der Waals surface area contributed by atoms with Gasteiger partial charge in [0.2, 0.25) is 5.95 Å². The van der Waals surface area contributed by atoms with Gasteiger partial charge in [-0.1, -0.05) is 0 Å². The fourth-order valence-corrected chi connectivity index (χ4v) is 5.38. The SMILES string of the molecule is O=C1OC2(CN3CCC2CC3)CN1c1ccc(-c2cccnc2F)s1. The molecule has 0 radical (unpaired) electrons. The Morgan fingerprint density at radius 3 is 2.80 bits per heavy atom. The third-order valence-electron chi connectivity index (χ3n) is 5.64. The molecule has 1 atom stereocenters. The van der Waals surface area contributed by atoms with Gasteiger partial charge in [0.1, 0.15) is 10.6 Å². The van der Waals surface area contributed by atoms with Crippen LogP contribution in [-0.2, 0) is 4.74 Å². The molecule has 25 heavy (non-hydrogen) atoms. The number of carbonyl (C=O) groups excluding carboxylic acids is 1. The van der Waals surface area contributed by atoms with E-state index >= 15 is 0 Å². The van der Waals surface area contributed by atoms with Gasteiger partial charge in [-0.05, 0) is 50.2 Å². The van der Waals surface area contributed by atoms with E-state index in [2.05, 4.69) is 9.88 Å². The summed E-state index contributed by atoms with van der Waals surface area (Å²) in [5, 5.41) is 0.802. The van der Waals surface area contributed by atoms with Crippen LogP contribution in [0, 0.1) is 11.9 Å². The Labute approximate surface area is 149 Å². The number of thiophene rings is 1. The second-order valence-electron chi connectivity index (χ2n) is 7.05. The number of anilines is 1. The fourth-order valence-electron chi connectivity index (χ4n) is 4.37. The quantitative estimate of drug-likeness (QED) is 0.772. The Morgan fingerprint density at radius 2 is 2.08 bits per heavy atom. The molecule has 5 nitrogen and oxygen atoms in total. The summed E-state index contributed by atoms with van der Waals surface area (Å²) in [6.07, 6.45) is 3.34. The lowest BCUT2D eigenvalue weighted by molar-refractivity contribution is -0.0881. The van der Waals surface area contributed by atoms with Crippen LogP contribution in [0.25, 0.3) is 10.4 Å². The maximum atomic E-state index is 13.9. The number of fused-ring (bicyclic) bond motifs is 2. The molecule has 1 spiro atoms. The first-order valence-corrected chi connectivity index (χ1v) is 9.40. The summed E-state index contributed by atoms with van der Waals surface area (Å²) in [5.74, 6) is -0.0459. The van der Waals surface area contributed by atoms with Gasteiger partial charge in [0.05, 0.1) is 6.54 Å². The van der Waals surface area contributed by atoms with Crippen LogP contribution in [0.15, 0.2) is 30.5 Å². The topological polar surface area (TPSA) is 45.7 Å². The summed E-state index contributed by atoms with van der Waals surface area (Å²) >= 11 is 1.40. The zero-order valence-corrected chi connectivity index (χ0v) is 14.5. The largest absolute Gasteiger partial charge is 0.439 e. The van der Waals surface area contributed by atoms with Crippen LogP contribution in [0.4, 0.5) is 14.2 Å². The Kier molecular flexibility index (Phi) is 3.36. The number of pyridine rings is 1. The fraction of sp³-hybridized carbons (Fsp3) is 0.444. The van der Waals surface area contributed by atoms with Gasteiger partial charge in [0.25, 0.3) is 0 Å². The molecule has 4 fully saturated rings. The highest BCUT2D eigenvalue weighted by Crippen LogP contribution is 2.45. The van der Waals surface area contributed by atoms with Crippen LogP contribution in [0.3, 0.4) is 0 Å². The van der Waals surface area contributed by atoms with Gasteiger partial charge in [-0.3, -0.25) is 9.80 Å². The van der Waals surface area contributed by atoms with Crippen molar-refractivity contribution in [1.82, 2.24) is 9.88 Å². The molecule has 2 aromatic heterocycles. The molecule has 0 N–H and O–H groups in total. The van der Waals surface area contributed by atoms with Crippen molar-refractivity contribution in [2.45, 2.75) is 18.4 Å². The van der Waals surface area contributed by atoms with Crippen LogP contribution >= 0.6 is 11.3 Å². The van der Waals surface area contributed by atoms with Gasteiger partial charge in [0.15, 0.2) is 0 Å². The summed E-state index contributed by atoms with van der Waals surface area (Å²) in [7, 11) is 0. The summed E-state index contributed by atoms with van der Waals surface area (Å²) in [6, 6.07) is 7.13. The van der Waals surface area contributed by atoms with E-state index in [1.807, 2.05) is 12.1 Å². The van der Waals surface area contributed by atoms with Crippen LogP contribution in [0.5, 0.6) is 0 Å². The molecule has 4 saturated heterocycles. The van der Waals surface area contributed by atoms with E-state index in [0.29, 0.717) is 18.0 Å². The summed E-state index contributed by atoms with van der Waals surface area (Å²) < 4.78 is 19.8. The highest BCUT2D eigenvalue weighted by molar-refractivity contribution is 7.19. The molecule has 0 aromatic carbocycles. The third-order valence-corrected chi connectivity index (χ3v) is 6.78. The van der Waals surface area contributed by atoms with Gasteiger partial charge in [0, 0.05) is 29.1 Å². The van der Waals surface area contributed by atoms with E-state index in [1.165, 1.54) is 17.5 Å². The lowest BCUT2D eigenvalue weighted by atomic mass is 9.75.